The van der Waals surface area contributed by atoms with Gasteiger partial charge in [0.1, 0.15) is 5.15 Å². The van der Waals surface area contributed by atoms with Crippen LogP contribution < -0.4 is 20.5 Å². The number of nitrogens with one attached hydrogen (secondary N) is 1. The van der Waals surface area contributed by atoms with E-state index in [1.807, 2.05) is 30.3 Å². The minimum atomic E-state index is -0.597. The summed E-state index contributed by atoms with van der Waals surface area (Å²) in [6, 6.07) is 14.4. The van der Waals surface area contributed by atoms with Crippen LogP contribution in [0.15, 0.2) is 54.7 Å². The fraction of sp³-hybridized carbons (Fsp3) is 0.120. The molecule has 174 valence electrons. The third kappa shape index (κ3) is 3.57. The third-order valence-electron chi connectivity index (χ3n) is 6.09. The van der Waals surface area contributed by atoms with Crippen molar-refractivity contribution >= 4 is 29.1 Å². The number of rotatable bonds is 4. The molecule has 0 unspecified atom stereocenters. The Balaban J connectivity index is 1.46. The van der Waals surface area contributed by atoms with Crippen molar-refractivity contribution in [3.8, 4) is 28.4 Å². The van der Waals surface area contributed by atoms with Gasteiger partial charge in [0.15, 0.2) is 17.2 Å². The zero-order valence-electron chi connectivity index (χ0n) is 18.2. The molecule has 0 radical (unpaired) electrons. The minimum Gasteiger partial charge on any atom is -0.454 e. The summed E-state index contributed by atoms with van der Waals surface area (Å²) < 4.78 is 12.6. The Bertz CT molecular complexity index is 1530. The molecule has 0 atom stereocenters. The highest BCUT2D eigenvalue weighted by molar-refractivity contribution is 6.33. The number of aromatic nitrogens is 3. The number of fused-ring (bicyclic) bond motifs is 4. The molecule has 1 aliphatic carbocycles. The lowest BCUT2D eigenvalue weighted by molar-refractivity contribution is 0.0992. The first-order valence-corrected chi connectivity index (χ1v) is 11.2. The van der Waals surface area contributed by atoms with Crippen molar-refractivity contribution in [2.45, 2.75) is 12.8 Å². The number of benzene rings is 2. The van der Waals surface area contributed by atoms with Gasteiger partial charge in [0.05, 0.1) is 16.9 Å². The molecule has 6 rings (SSSR count). The molecule has 0 bridgehead atoms. The molecule has 2 amide bonds. The van der Waals surface area contributed by atoms with Gasteiger partial charge in [-0.1, -0.05) is 17.7 Å². The standard InChI is InChI=1S/C25H18ClN5O4/c26-23-17(2-1-9-28-23)25(33)29-14-5-3-13-4-7-16-21(24(27)32)30-31(22(16)18(13)10-14)15-6-8-19-20(11-15)35-12-34-19/h1-3,5-6,8-11H,4,7,12H2,(H2,27,32)(H,29,33). The SMILES string of the molecule is NC(=O)c1nn(-c2ccc3c(c2)OCO3)c2c1CCc1ccc(NC(=O)c3cccnc3Cl)cc1-2. The maximum Gasteiger partial charge on any atom is 0.269 e. The minimum absolute atomic E-state index is 0.122. The summed E-state index contributed by atoms with van der Waals surface area (Å²) in [5.74, 6) is 0.267. The molecule has 0 spiro atoms. The van der Waals surface area contributed by atoms with E-state index in [1.54, 1.807) is 22.9 Å². The number of nitrogens with two attached hydrogens (primary N) is 1. The molecule has 10 heteroatoms. The largest absolute Gasteiger partial charge is 0.454 e. The Morgan fingerprint density at radius 3 is 2.74 bits per heavy atom. The van der Waals surface area contributed by atoms with Gasteiger partial charge in [-0.25, -0.2) is 9.67 Å². The predicted molar refractivity (Wildman–Crippen MR) is 128 cm³/mol. The number of hydrogen-bond donors (Lipinski definition) is 2. The van der Waals surface area contributed by atoms with Crippen LogP contribution in [0.3, 0.4) is 0 Å². The number of halogens is 1. The van der Waals surface area contributed by atoms with Gasteiger partial charge < -0.3 is 20.5 Å². The van der Waals surface area contributed by atoms with E-state index in [9.17, 15) is 9.59 Å². The van der Waals surface area contributed by atoms with Crippen molar-refractivity contribution in [3.63, 3.8) is 0 Å². The van der Waals surface area contributed by atoms with Crippen LogP contribution in [0.4, 0.5) is 5.69 Å². The average molecular weight is 488 g/mol. The number of nitrogens with zero attached hydrogens (tertiary/aromatic N) is 3. The van der Waals surface area contributed by atoms with Crippen LogP contribution in [0.25, 0.3) is 16.9 Å². The first kappa shape index (κ1) is 21.2. The summed E-state index contributed by atoms with van der Waals surface area (Å²) in [4.78, 5) is 29.0. The van der Waals surface area contributed by atoms with E-state index < -0.39 is 5.91 Å². The van der Waals surface area contributed by atoms with Crippen molar-refractivity contribution < 1.29 is 19.1 Å². The van der Waals surface area contributed by atoms with E-state index in [1.165, 1.54) is 6.20 Å². The average Bonchev–Trinajstić information content (AvgIpc) is 3.48. The molecule has 2 aliphatic rings. The van der Waals surface area contributed by atoms with E-state index in [0.717, 1.165) is 22.4 Å². The molecule has 35 heavy (non-hydrogen) atoms. The second-order valence-electron chi connectivity index (χ2n) is 8.16. The van der Waals surface area contributed by atoms with Gasteiger partial charge in [-0.15, -0.1) is 0 Å². The molecule has 3 heterocycles. The van der Waals surface area contributed by atoms with Gasteiger partial charge in [-0.2, -0.15) is 5.10 Å². The van der Waals surface area contributed by atoms with Crippen LogP contribution in [0.5, 0.6) is 11.5 Å². The number of carbonyl (C=O) groups is 2. The maximum absolute atomic E-state index is 12.8. The van der Waals surface area contributed by atoms with Crippen molar-refractivity contribution in [2.24, 2.45) is 5.73 Å². The molecular weight excluding hydrogens is 470 g/mol. The summed E-state index contributed by atoms with van der Waals surface area (Å²) in [7, 11) is 0. The van der Waals surface area contributed by atoms with Crippen LogP contribution in [-0.2, 0) is 12.8 Å². The number of anilines is 1. The van der Waals surface area contributed by atoms with E-state index in [4.69, 9.17) is 26.8 Å². The summed E-state index contributed by atoms with van der Waals surface area (Å²) in [6.07, 6.45) is 2.84. The van der Waals surface area contributed by atoms with E-state index >= 15 is 0 Å². The van der Waals surface area contributed by atoms with Crippen LogP contribution in [0.1, 0.15) is 32.0 Å². The molecule has 4 aromatic rings. The number of hydrogen-bond acceptors (Lipinski definition) is 6. The molecule has 3 N–H and O–H groups in total. The quantitative estimate of drug-likeness (QED) is 0.423. The van der Waals surface area contributed by atoms with Gasteiger partial charge in [-0.3, -0.25) is 9.59 Å². The summed E-state index contributed by atoms with van der Waals surface area (Å²) in [5, 5.41) is 7.57. The fourth-order valence-electron chi connectivity index (χ4n) is 4.47. The smallest absolute Gasteiger partial charge is 0.269 e. The lowest BCUT2D eigenvalue weighted by Crippen LogP contribution is -2.16. The van der Waals surface area contributed by atoms with Crippen molar-refractivity contribution in [2.75, 3.05) is 12.1 Å². The topological polar surface area (TPSA) is 121 Å². The van der Waals surface area contributed by atoms with Crippen LogP contribution in [0, 0.1) is 0 Å². The van der Waals surface area contributed by atoms with Crippen molar-refractivity contribution in [3.05, 3.63) is 82.3 Å². The Kier molecular flexibility index (Phi) is 4.93. The van der Waals surface area contributed by atoms with E-state index in [-0.39, 0.29) is 29.1 Å². The molecule has 2 aromatic carbocycles. The number of carbonyl (C=O) groups excluding carboxylic acids is 2. The van der Waals surface area contributed by atoms with Crippen LogP contribution in [-0.4, -0.2) is 33.4 Å². The van der Waals surface area contributed by atoms with Crippen LogP contribution >= 0.6 is 11.6 Å². The summed E-state index contributed by atoms with van der Waals surface area (Å²) in [6.45, 7) is 0.148. The van der Waals surface area contributed by atoms with Crippen LogP contribution in [0.2, 0.25) is 5.15 Å². The summed E-state index contributed by atoms with van der Waals surface area (Å²) >= 11 is 6.08. The highest BCUT2D eigenvalue weighted by Crippen LogP contribution is 2.40. The molecule has 0 fully saturated rings. The van der Waals surface area contributed by atoms with Crippen molar-refractivity contribution in [1.29, 1.82) is 0 Å². The Hall–Kier alpha value is -4.37. The zero-order valence-corrected chi connectivity index (χ0v) is 19.0. The Labute approximate surface area is 204 Å². The second kappa shape index (κ2) is 8.14. The van der Waals surface area contributed by atoms with E-state index in [0.29, 0.717) is 35.7 Å². The van der Waals surface area contributed by atoms with E-state index in [2.05, 4.69) is 15.4 Å². The van der Waals surface area contributed by atoms with Gasteiger partial charge in [0, 0.05) is 29.1 Å². The predicted octanol–water partition coefficient (Wildman–Crippen LogP) is 3.77. The maximum atomic E-state index is 12.8. The first-order chi connectivity index (χ1) is 17.0. The Morgan fingerprint density at radius 2 is 1.91 bits per heavy atom. The monoisotopic (exact) mass is 487 g/mol. The normalized spacial score (nSPS) is 13.2. The van der Waals surface area contributed by atoms with Gasteiger partial charge in [0.25, 0.3) is 11.8 Å². The van der Waals surface area contributed by atoms with Gasteiger partial charge in [0.2, 0.25) is 6.79 Å². The highest BCUT2D eigenvalue weighted by Gasteiger charge is 2.29. The molecule has 0 saturated heterocycles. The van der Waals surface area contributed by atoms with Crippen molar-refractivity contribution in [1.82, 2.24) is 14.8 Å². The fourth-order valence-corrected chi connectivity index (χ4v) is 4.68. The number of ether oxygens (including phenoxy) is 2. The molecule has 1 aliphatic heterocycles. The summed E-state index contributed by atoms with van der Waals surface area (Å²) in [5.41, 5.74) is 10.9. The number of aryl methyl sites for hydroxylation is 1. The Morgan fingerprint density at radius 1 is 1.06 bits per heavy atom. The van der Waals surface area contributed by atoms with Gasteiger partial charge >= 0.3 is 0 Å². The van der Waals surface area contributed by atoms with Gasteiger partial charge in [-0.05, 0) is 54.8 Å². The third-order valence-corrected chi connectivity index (χ3v) is 6.39. The first-order valence-electron chi connectivity index (χ1n) is 10.9. The lowest BCUT2D eigenvalue weighted by Gasteiger charge is -2.20. The second-order valence-corrected chi connectivity index (χ2v) is 8.52. The number of pyridine rings is 1. The zero-order chi connectivity index (χ0) is 24.1. The molecule has 2 aromatic heterocycles. The molecule has 9 nitrogen and oxygen atoms in total. The number of primary amides is 1. The highest BCUT2D eigenvalue weighted by atomic mass is 35.5. The lowest BCUT2D eigenvalue weighted by atomic mass is 9.88. The molecule has 0 saturated carbocycles. The number of amides is 2. The molecular formula is C25H18ClN5O4.